The van der Waals surface area contributed by atoms with Crippen molar-refractivity contribution in [3.05, 3.63) is 35.9 Å². The first-order chi connectivity index (χ1) is 25.6. The molecule has 4 N–H and O–H groups in total. The molecule has 1 aromatic rings. The smallest absolute Gasteiger partial charge is 0.328 e. The van der Waals surface area contributed by atoms with Crippen LogP contribution < -0.4 is 21.3 Å². The maximum Gasteiger partial charge on any atom is 0.328 e. The number of carbonyl (C=O) groups is 5. The first-order valence-corrected chi connectivity index (χ1v) is 19.7. The molecule has 2 heterocycles. The second-order valence-electron chi connectivity index (χ2n) is 15.9. The summed E-state index contributed by atoms with van der Waals surface area (Å²) in [5.41, 5.74) is -1.11. The minimum absolute atomic E-state index is 0.0518. The molecule has 54 heavy (non-hydrogen) atoms. The number of piperidine rings is 1. The fourth-order valence-electron chi connectivity index (χ4n) is 8.24. The molecule has 9 atom stereocenters. The Hall–Kier alpha value is -3.39. The van der Waals surface area contributed by atoms with E-state index in [4.69, 9.17) is 14.2 Å². The van der Waals surface area contributed by atoms with Gasteiger partial charge in [0, 0.05) is 34.1 Å². The van der Waals surface area contributed by atoms with Crippen LogP contribution in [0.1, 0.15) is 92.1 Å². The van der Waals surface area contributed by atoms with Gasteiger partial charge in [0.25, 0.3) is 0 Å². The predicted octanol–water partition coefficient (Wildman–Crippen LogP) is 3.18. The number of hydrogen-bond acceptors (Lipinski definition) is 10. The van der Waals surface area contributed by atoms with E-state index in [0.29, 0.717) is 32.2 Å². The number of hydrogen-bond donors (Lipinski definition) is 4. The van der Waals surface area contributed by atoms with Gasteiger partial charge in [-0.15, -0.1) is 0 Å². The average molecular weight is 758 g/mol. The molecule has 13 heteroatoms. The maximum atomic E-state index is 14.7. The fraction of sp³-hybridized carbons (Fsp3) is 0.732. The molecule has 0 aromatic heterocycles. The number of rotatable bonds is 20. The number of methoxy groups -OCH3 is 3. The minimum Gasteiger partial charge on any atom is -0.467 e. The van der Waals surface area contributed by atoms with Gasteiger partial charge in [-0.05, 0) is 69.5 Å². The number of nitrogens with zero attached hydrogens (tertiary/aromatic N) is 1. The summed E-state index contributed by atoms with van der Waals surface area (Å²) in [5, 5.41) is 12.6. The van der Waals surface area contributed by atoms with Crippen molar-refractivity contribution in [1.29, 1.82) is 0 Å². The lowest BCUT2D eigenvalue weighted by Crippen LogP contribution is -2.64. The predicted molar refractivity (Wildman–Crippen MR) is 207 cm³/mol. The summed E-state index contributed by atoms with van der Waals surface area (Å²) in [6.07, 6.45) is 3.07. The maximum absolute atomic E-state index is 14.7. The first kappa shape index (κ1) is 45.0. The number of ether oxygens (including phenoxy) is 3. The Bertz CT molecular complexity index is 1390. The summed E-state index contributed by atoms with van der Waals surface area (Å²) in [4.78, 5) is 70.8. The van der Waals surface area contributed by atoms with Gasteiger partial charge in [-0.25, -0.2) is 4.79 Å². The summed E-state index contributed by atoms with van der Waals surface area (Å²) in [7, 11) is 6.03. The number of carbonyl (C=O) groups excluding carboxylic acids is 5. The highest BCUT2D eigenvalue weighted by Crippen LogP contribution is 2.34. The SMILES string of the molecule is CC[C@H](C)[C@@H]([C@@H](CC(=O)[C@@]1([C@H](OC)[C@@H](C)C(=O)N[C@@H](Cc2ccccc2)C(=O)OC)CCCN1)OC)N(C)C(=O)[C@@H](NC(=O)[C@@]1(C)CCCCN1)C(C)C. The molecule has 0 spiro atoms. The van der Waals surface area contributed by atoms with Crippen LogP contribution in [0.5, 0.6) is 0 Å². The van der Waals surface area contributed by atoms with Crippen molar-refractivity contribution in [3.63, 3.8) is 0 Å². The summed E-state index contributed by atoms with van der Waals surface area (Å²) in [6.45, 7) is 12.8. The van der Waals surface area contributed by atoms with Crippen molar-refractivity contribution in [3.8, 4) is 0 Å². The average Bonchev–Trinajstić information content (AvgIpc) is 3.67. The van der Waals surface area contributed by atoms with Crippen LogP contribution in [0.2, 0.25) is 0 Å². The second-order valence-corrected chi connectivity index (χ2v) is 15.9. The molecule has 2 saturated heterocycles. The lowest BCUT2D eigenvalue weighted by Gasteiger charge is -2.43. The summed E-state index contributed by atoms with van der Waals surface area (Å²) in [6, 6.07) is 7.13. The molecule has 2 aliphatic heterocycles. The molecule has 3 amide bonds. The van der Waals surface area contributed by atoms with Gasteiger partial charge in [0.15, 0.2) is 5.78 Å². The molecule has 0 aliphatic carbocycles. The van der Waals surface area contributed by atoms with Crippen LogP contribution in [0.25, 0.3) is 0 Å². The normalized spacial score (nSPS) is 24.0. The van der Waals surface area contributed by atoms with E-state index < -0.39 is 59.2 Å². The second kappa shape index (κ2) is 20.5. The van der Waals surface area contributed by atoms with Crippen molar-refractivity contribution < 1.29 is 38.2 Å². The van der Waals surface area contributed by atoms with Crippen LogP contribution in [-0.2, 0) is 44.6 Å². The van der Waals surface area contributed by atoms with Gasteiger partial charge >= 0.3 is 5.97 Å². The zero-order valence-electron chi connectivity index (χ0n) is 34.3. The fourth-order valence-corrected chi connectivity index (χ4v) is 8.24. The highest BCUT2D eigenvalue weighted by Gasteiger charge is 2.52. The number of esters is 1. The summed E-state index contributed by atoms with van der Waals surface area (Å²) >= 11 is 0. The number of likely N-dealkylation sites (N-methyl/N-ethyl adjacent to an activating group) is 1. The van der Waals surface area contributed by atoms with E-state index in [9.17, 15) is 24.0 Å². The van der Waals surface area contributed by atoms with Crippen LogP contribution in [0.15, 0.2) is 30.3 Å². The Morgan fingerprint density at radius 2 is 1.56 bits per heavy atom. The van der Waals surface area contributed by atoms with E-state index >= 15 is 0 Å². The van der Waals surface area contributed by atoms with Gasteiger partial charge < -0.3 is 40.4 Å². The van der Waals surface area contributed by atoms with E-state index in [1.54, 1.807) is 26.0 Å². The third-order valence-electron chi connectivity index (χ3n) is 11.8. The first-order valence-electron chi connectivity index (χ1n) is 19.7. The van der Waals surface area contributed by atoms with Crippen LogP contribution in [0.3, 0.4) is 0 Å². The number of amides is 3. The third kappa shape index (κ3) is 10.7. The van der Waals surface area contributed by atoms with Gasteiger partial charge in [-0.1, -0.05) is 71.4 Å². The lowest BCUT2D eigenvalue weighted by atomic mass is 9.76. The lowest BCUT2D eigenvalue weighted by molar-refractivity contribution is -0.149. The largest absolute Gasteiger partial charge is 0.467 e. The highest BCUT2D eigenvalue weighted by atomic mass is 16.5. The Morgan fingerprint density at radius 1 is 0.889 bits per heavy atom. The standard InChI is InChI=1S/C41H67N5O8/c1-11-27(4)34(46(7)37(49)33(26(2)3)45-39(51)40(6)20-15-16-22-42-40)31(52-8)25-32(47)41(21-17-23-43-41)35(53-9)28(5)36(48)44-30(38(50)54-10)24-29-18-13-12-14-19-29/h12-14,18-19,26-28,30-31,33-35,42-43H,11,15-17,20-25H2,1-10H3,(H,44,48)(H,45,51)/t27-,28+,30-,31+,33-,34-,35+,40+,41+/m0/s1. The monoisotopic (exact) mass is 757 g/mol. The molecule has 0 saturated carbocycles. The van der Waals surface area contributed by atoms with E-state index in [2.05, 4.69) is 21.3 Å². The van der Waals surface area contributed by atoms with E-state index in [1.165, 1.54) is 14.2 Å². The van der Waals surface area contributed by atoms with E-state index in [1.807, 2.05) is 65.0 Å². The van der Waals surface area contributed by atoms with Crippen molar-refractivity contribution in [2.75, 3.05) is 41.5 Å². The molecular weight excluding hydrogens is 690 g/mol. The van der Waals surface area contributed by atoms with Crippen LogP contribution in [0, 0.1) is 17.8 Å². The van der Waals surface area contributed by atoms with Gasteiger partial charge in [-0.2, -0.15) is 0 Å². The number of ketones is 1. The Labute approximate surface area is 322 Å². The molecule has 2 aliphatic rings. The Morgan fingerprint density at radius 3 is 2.07 bits per heavy atom. The number of nitrogens with one attached hydrogen (secondary N) is 4. The molecule has 0 radical (unpaired) electrons. The molecular formula is C41H67N5O8. The van der Waals surface area contributed by atoms with Crippen molar-refractivity contribution in [2.24, 2.45) is 17.8 Å². The molecule has 1 aromatic carbocycles. The van der Waals surface area contributed by atoms with Crippen molar-refractivity contribution in [1.82, 2.24) is 26.2 Å². The Kier molecular flexibility index (Phi) is 17.1. The molecule has 3 rings (SSSR count). The quantitative estimate of drug-likeness (QED) is 0.145. The van der Waals surface area contributed by atoms with Crippen LogP contribution in [-0.4, -0.2) is 117 Å². The Balaban J connectivity index is 1.86. The molecule has 0 unspecified atom stereocenters. The molecule has 13 nitrogen and oxygen atoms in total. The minimum atomic E-state index is -1.22. The van der Waals surface area contributed by atoms with E-state index in [0.717, 1.165) is 24.9 Å². The van der Waals surface area contributed by atoms with E-state index in [-0.39, 0.29) is 42.3 Å². The van der Waals surface area contributed by atoms with Crippen molar-refractivity contribution >= 4 is 29.5 Å². The molecule has 2 fully saturated rings. The third-order valence-corrected chi connectivity index (χ3v) is 11.8. The highest BCUT2D eigenvalue weighted by molar-refractivity contribution is 5.93. The zero-order valence-corrected chi connectivity index (χ0v) is 34.3. The van der Waals surface area contributed by atoms with Crippen molar-refractivity contribution in [2.45, 2.75) is 134 Å². The number of Topliss-reactive ketones (excluding diaryl/α,β-unsaturated/α-hetero) is 1. The van der Waals surface area contributed by atoms with Gasteiger partial charge in [0.1, 0.15) is 17.6 Å². The topological polar surface area (TPSA) is 164 Å². The van der Waals surface area contributed by atoms with Crippen LogP contribution >= 0.6 is 0 Å². The van der Waals surface area contributed by atoms with Gasteiger partial charge in [0.2, 0.25) is 17.7 Å². The summed E-state index contributed by atoms with van der Waals surface area (Å²) < 4.78 is 17.1. The van der Waals surface area contributed by atoms with Gasteiger partial charge in [0.05, 0.1) is 36.8 Å². The molecule has 304 valence electrons. The summed E-state index contributed by atoms with van der Waals surface area (Å²) in [5.74, 6) is -2.74. The number of benzene rings is 1. The molecule has 0 bridgehead atoms. The van der Waals surface area contributed by atoms with Crippen LogP contribution in [0.4, 0.5) is 0 Å². The zero-order chi connectivity index (χ0) is 40.2. The van der Waals surface area contributed by atoms with Gasteiger partial charge in [-0.3, -0.25) is 19.2 Å².